The van der Waals surface area contributed by atoms with E-state index in [0.717, 1.165) is 17.7 Å². The Balaban J connectivity index is 1.58. The van der Waals surface area contributed by atoms with Crippen LogP contribution in [-0.4, -0.2) is 29.4 Å². The van der Waals surface area contributed by atoms with Crippen LogP contribution < -0.4 is 5.32 Å². The second-order valence-electron chi connectivity index (χ2n) is 6.14. The number of likely N-dealkylation sites (N-methyl/N-ethyl adjacent to an activating group) is 1. The highest BCUT2D eigenvalue weighted by Crippen LogP contribution is 2.26. The van der Waals surface area contributed by atoms with Crippen molar-refractivity contribution in [2.24, 2.45) is 0 Å². The Bertz CT molecular complexity index is 1010. The van der Waals surface area contributed by atoms with Gasteiger partial charge in [-0.25, -0.2) is 13.8 Å². The zero-order chi connectivity index (χ0) is 20.3. The molecule has 0 unspecified atom stereocenters. The number of carbonyl (C=O) groups is 1. The normalized spacial score (nSPS) is 11.1. The lowest BCUT2D eigenvalue weighted by Crippen LogP contribution is -2.29. The highest BCUT2D eigenvalue weighted by atomic mass is 35.5. The zero-order valence-electron chi connectivity index (χ0n) is 14.7. The van der Waals surface area contributed by atoms with Crippen molar-refractivity contribution in [3.8, 4) is 11.3 Å². The summed E-state index contributed by atoms with van der Waals surface area (Å²) < 4.78 is 26.4. The first-order valence-corrected chi connectivity index (χ1v) is 9.78. The summed E-state index contributed by atoms with van der Waals surface area (Å²) in [6, 6.07) is 8.86. The lowest BCUT2D eigenvalue weighted by Gasteiger charge is -2.16. The first-order chi connectivity index (χ1) is 13.3. The van der Waals surface area contributed by atoms with Crippen LogP contribution in [0, 0.1) is 11.6 Å². The Morgan fingerprint density at radius 1 is 1.14 bits per heavy atom. The maximum absolute atomic E-state index is 13.4. The van der Waals surface area contributed by atoms with Crippen molar-refractivity contribution in [3.05, 3.63) is 69.0 Å². The first kappa shape index (κ1) is 20.7. The number of amides is 1. The number of thiazole rings is 1. The highest BCUT2D eigenvalue weighted by molar-refractivity contribution is 7.14. The van der Waals surface area contributed by atoms with Crippen LogP contribution in [0.15, 0.2) is 41.8 Å². The number of rotatable bonds is 6. The van der Waals surface area contributed by atoms with Crippen molar-refractivity contribution in [2.45, 2.75) is 6.54 Å². The van der Waals surface area contributed by atoms with Gasteiger partial charge >= 0.3 is 0 Å². The van der Waals surface area contributed by atoms with Gasteiger partial charge < -0.3 is 5.32 Å². The summed E-state index contributed by atoms with van der Waals surface area (Å²) >= 11 is 13.1. The van der Waals surface area contributed by atoms with E-state index in [-0.39, 0.29) is 12.5 Å². The monoisotopic (exact) mass is 441 g/mol. The van der Waals surface area contributed by atoms with Crippen LogP contribution in [0.5, 0.6) is 0 Å². The molecule has 1 heterocycles. The molecule has 2 aromatic carbocycles. The summed E-state index contributed by atoms with van der Waals surface area (Å²) in [7, 11) is 1.80. The summed E-state index contributed by atoms with van der Waals surface area (Å²) in [5.74, 6) is -2.11. The molecule has 3 rings (SSSR count). The number of carbonyl (C=O) groups excluding carboxylic acids is 1. The standard InChI is InChI=1S/C19H15Cl2F2N3OS/c1-26(8-11-2-4-13(20)14(21)6-11)9-18(27)25-19-24-17(10-28-19)12-3-5-15(22)16(23)7-12/h2-7,10H,8-9H2,1H3,(H,24,25,27). The van der Waals surface area contributed by atoms with E-state index in [1.807, 2.05) is 11.0 Å². The van der Waals surface area contributed by atoms with E-state index in [1.165, 1.54) is 17.4 Å². The predicted molar refractivity (Wildman–Crippen MR) is 109 cm³/mol. The van der Waals surface area contributed by atoms with Gasteiger partial charge in [0.25, 0.3) is 0 Å². The van der Waals surface area contributed by atoms with Gasteiger partial charge in [0.2, 0.25) is 5.91 Å². The maximum Gasteiger partial charge on any atom is 0.240 e. The summed E-state index contributed by atoms with van der Waals surface area (Å²) in [4.78, 5) is 18.3. The van der Waals surface area contributed by atoms with Crippen LogP contribution in [0.3, 0.4) is 0 Å². The molecule has 4 nitrogen and oxygen atoms in total. The molecule has 28 heavy (non-hydrogen) atoms. The van der Waals surface area contributed by atoms with Gasteiger partial charge in [-0.05, 0) is 42.9 Å². The lowest BCUT2D eigenvalue weighted by molar-refractivity contribution is -0.117. The maximum atomic E-state index is 13.4. The molecule has 0 aliphatic carbocycles. The van der Waals surface area contributed by atoms with E-state index in [1.54, 1.807) is 24.6 Å². The topological polar surface area (TPSA) is 45.2 Å². The number of nitrogens with one attached hydrogen (secondary N) is 1. The summed E-state index contributed by atoms with van der Waals surface area (Å²) in [6.45, 7) is 0.655. The number of hydrogen-bond donors (Lipinski definition) is 1. The fraction of sp³-hybridized carbons (Fsp3) is 0.158. The van der Waals surface area contributed by atoms with Crippen molar-refractivity contribution in [2.75, 3.05) is 18.9 Å². The number of anilines is 1. The van der Waals surface area contributed by atoms with E-state index in [0.29, 0.717) is 33.0 Å². The number of benzene rings is 2. The minimum absolute atomic E-state index is 0.139. The fourth-order valence-corrected chi connectivity index (χ4v) is 3.59. The van der Waals surface area contributed by atoms with Crippen molar-refractivity contribution < 1.29 is 13.6 Å². The second kappa shape index (κ2) is 8.96. The average molecular weight is 442 g/mol. The number of halogens is 4. The number of hydrogen-bond acceptors (Lipinski definition) is 4. The van der Waals surface area contributed by atoms with Gasteiger partial charge in [0.05, 0.1) is 22.3 Å². The second-order valence-corrected chi connectivity index (χ2v) is 7.81. The largest absolute Gasteiger partial charge is 0.301 e. The van der Waals surface area contributed by atoms with E-state index in [4.69, 9.17) is 23.2 Å². The van der Waals surface area contributed by atoms with Gasteiger partial charge in [-0.2, -0.15) is 0 Å². The van der Waals surface area contributed by atoms with E-state index >= 15 is 0 Å². The van der Waals surface area contributed by atoms with Gasteiger partial charge in [-0.1, -0.05) is 29.3 Å². The quantitative estimate of drug-likeness (QED) is 0.551. The first-order valence-electron chi connectivity index (χ1n) is 8.15. The predicted octanol–water partition coefficient (Wildman–Crippen LogP) is 5.47. The Labute approximate surface area is 174 Å². The van der Waals surface area contributed by atoms with Gasteiger partial charge in [-0.15, -0.1) is 11.3 Å². The molecule has 0 saturated carbocycles. The van der Waals surface area contributed by atoms with E-state index in [9.17, 15) is 13.6 Å². The number of aromatic nitrogens is 1. The van der Waals surface area contributed by atoms with Crippen molar-refractivity contribution in [3.63, 3.8) is 0 Å². The third-order valence-corrected chi connectivity index (χ3v) is 5.31. The van der Waals surface area contributed by atoms with Crippen LogP contribution in [-0.2, 0) is 11.3 Å². The SMILES string of the molecule is CN(CC(=O)Nc1nc(-c2ccc(F)c(F)c2)cs1)Cc1ccc(Cl)c(Cl)c1. The molecule has 0 saturated heterocycles. The molecular weight excluding hydrogens is 427 g/mol. The minimum Gasteiger partial charge on any atom is -0.301 e. The molecule has 1 amide bonds. The van der Waals surface area contributed by atoms with E-state index in [2.05, 4.69) is 10.3 Å². The van der Waals surface area contributed by atoms with Crippen molar-refractivity contribution >= 4 is 45.6 Å². The summed E-state index contributed by atoms with van der Waals surface area (Å²) in [5.41, 5.74) is 1.83. The number of nitrogens with zero attached hydrogens (tertiary/aromatic N) is 2. The van der Waals surface area contributed by atoms with Crippen LogP contribution in [0.25, 0.3) is 11.3 Å². The molecule has 3 aromatic rings. The molecule has 9 heteroatoms. The Kier molecular flexibility index (Phi) is 6.61. The molecular formula is C19H15Cl2F2N3OS. The highest BCUT2D eigenvalue weighted by Gasteiger charge is 2.12. The third-order valence-electron chi connectivity index (χ3n) is 3.82. The Morgan fingerprint density at radius 3 is 2.64 bits per heavy atom. The zero-order valence-corrected chi connectivity index (χ0v) is 17.0. The Hall–Kier alpha value is -2.06. The van der Waals surface area contributed by atoms with Crippen LogP contribution in [0.1, 0.15) is 5.56 Å². The van der Waals surface area contributed by atoms with Gasteiger partial charge in [-0.3, -0.25) is 9.69 Å². The minimum atomic E-state index is -0.944. The summed E-state index contributed by atoms with van der Waals surface area (Å²) in [5, 5.41) is 5.70. The van der Waals surface area contributed by atoms with Gasteiger partial charge in [0.15, 0.2) is 16.8 Å². The van der Waals surface area contributed by atoms with Crippen LogP contribution in [0.4, 0.5) is 13.9 Å². The molecule has 1 N–H and O–H groups in total. The average Bonchev–Trinajstić information content (AvgIpc) is 3.08. The lowest BCUT2D eigenvalue weighted by atomic mass is 10.2. The molecule has 1 aromatic heterocycles. The Morgan fingerprint density at radius 2 is 1.93 bits per heavy atom. The smallest absolute Gasteiger partial charge is 0.240 e. The van der Waals surface area contributed by atoms with Crippen LogP contribution >= 0.6 is 34.5 Å². The molecule has 0 fully saturated rings. The molecule has 0 aliphatic rings. The van der Waals surface area contributed by atoms with Gasteiger partial charge in [0, 0.05) is 17.5 Å². The molecule has 0 bridgehead atoms. The fourth-order valence-electron chi connectivity index (χ4n) is 2.53. The third kappa shape index (κ3) is 5.26. The molecule has 0 radical (unpaired) electrons. The van der Waals surface area contributed by atoms with Crippen molar-refractivity contribution in [1.82, 2.24) is 9.88 Å². The molecule has 0 atom stereocenters. The van der Waals surface area contributed by atoms with Crippen LogP contribution in [0.2, 0.25) is 10.0 Å². The molecule has 0 spiro atoms. The molecule has 146 valence electrons. The molecule has 0 aliphatic heterocycles. The summed E-state index contributed by atoms with van der Waals surface area (Å²) in [6.07, 6.45) is 0. The van der Waals surface area contributed by atoms with Crippen molar-refractivity contribution in [1.29, 1.82) is 0 Å². The van der Waals surface area contributed by atoms with Gasteiger partial charge in [0.1, 0.15) is 0 Å². The van der Waals surface area contributed by atoms with E-state index < -0.39 is 11.6 Å².